The first kappa shape index (κ1) is 10.5. The van der Waals surface area contributed by atoms with Gasteiger partial charge in [0.2, 0.25) is 0 Å². The predicted octanol–water partition coefficient (Wildman–Crippen LogP) is 2.47. The zero-order valence-corrected chi connectivity index (χ0v) is 8.68. The summed E-state index contributed by atoms with van der Waals surface area (Å²) in [5.41, 5.74) is 1.06. The molecule has 0 spiro atoms. The minimum Gasteiger partial charge on any atom is -0.481 e. The molecule has 2 rings (SSSR count). The number of allylic oxidation sites excluding steroid dienone is 4. The van der Waals surface area contributed by atoms with Crippen LogP contribution >= 0.6 is 0 Å². The Hall–Kier alpha value is -1.97. The molecule has 0 aromatic heterocycles. The van der Waals surface area contributed by atoms with Gasteiger partial charge < -0.3 is 14.6 Å². The van der Waals surface area contributed by atoms with Crippen molar-refractivity contribution in [2.24, 2.45) is 0 Å². The fourth-order valence-electron chi connectivity index (χ4n) is 1.51. The third kappa shape index (κ3) is 2.53. The smallest absolute Gasteiger partial charge is 0.311 e. The minimum atomic E-state index is -0.938. The number of rotatable bonds is 3. The van der Waals surface area contributed by atoms with Gasteiger partial charge in [-0.15, -0.1) is 0 Å². The van der Waals surface area contributed by atoms with Gasteiger partial charge in [-0.05, 0) is 18.4 Å². The molecule has 0 radical (unpaired) electrons. The van der Waals surface area contributed by atoms with Crippen LogP contribution in [0.25, 0.3) is 0 Å². The summed E-state index contributed by atoms with van der Waals surface area (Å²) in [6.45, 7) is 0. The van der Waals surface area contributed by atoms with Crippen molar-refractivity contribution in [3.8, 4) is 0 Å². The fraction of sp³-hybridized carbons (Fsp3) is 0.250. The summed E-state index contributed by atoms with van der Waals surface area (Å²) in [5.74, 6) is 0.0215. The molecule has 0 unspecified atom stereocenters. The third-order valence-electron chi connectivity index (χ3n) is 2.29. The van der Waals surface area contributed by atoms with Crippen LogP contribution < -0.4 is 0 Å². The maximum atomic E-state index is 10.4. The maximum absolute atomic E-state index is 10.4. The molecule has 1 aliphatic carbocycles. The average Bonchev–Trinajstić information content (AvgIpc) is 2.30. The van der Waals surface area contributed by atoms with Gasteiger partial charge in [0.1, 0.15) is 24.7 Å². The molecule has 16 heavy (non-hydrogen) atoms. The molecule has 0 aromatic carbocycles. The highest BCUT2D eigenvalue weighted by Gasteiger charge is 2.14. The Morgan fingerprint density at radius 1 is 1.38 bits per heavy atom. The van der Waals surface area contributed by atoms with Crippen LogP contribution in [0.1, 0.15) is 19.3 Å². The van der Waals surface area contributed by atoms with Gasteiger partial charge in [0.25, 0.3) is 0 Å². The molecule has 0 saturated heterocycles. The van der Waals surface area contributed by atoms with E-state index >= 15 is 0 Å². The average molecular weight is 220 g/mol. The highest BCUT2D eigenvalue weighted by molar-refractivity contribution is 5.69. The lowest BCUT2D eigenvalue weighted by Crippen LogP contribution is -2.05. The van der Waals surface area contributed by atoms with Gasteiger partial charge in [0.15, 0.2) is 5.76 Å². The van der Waals surface area contributed by atoms with E-state index in [-0.39, 0.29) is 6.42 Å². The monoisotopic (exact) mass is 220 g/mol. The largest absolute Gasteiger partial charge is 0.481 e. The number of carboxylic acid groups (broad SMARTS) is 1. The van der Waals surface area contributed by atoms with Gasteiger partial charge in [0.05, 0.1) is 0 Å². The molecular weight excluding hydrogens is 208 g/mol. The van der Waals surface area contributed by atoms with Crippen molar-refractivity contribution in [3.05, 3.63) is 47.8 Å². The Morgan fingerprint density at radius 2 is 2.25 bits per heavy atom. The van der Waals surface area contributed by atoms with E-state index in [9.17, 15) is 4.79 Å². The van der Waals surface area contributed by atoms with Gasteiger partial charge in [0, 0.05) is 0 Å². The molecule has 1 N–H and O–H groups in total. The normalized spacial score (nSPS) is 18.9. The van der Waals surface area contributed by atoms with E-state index in [2.05, 4.69) is 6.08 Å². The SMILES string of the molecule is O=C(O)CC1=COC(C2=CC=CCC2)=CO1. The maximum Gasteiger partial charge on any atom is 0.311 e. The highest BCUT2D eigenvalue weighted by atomic mass is 16.5. The van der Waals surface area contributed by atoms with Crippen molar-refractivity contribution < 1.29 is 19.4 Å². The number of hydrogen-bond donors (Lipinski definition) is 1. The van der Waals surface area contributed by atoms with Crippen LogP contribution in [0.15, 0.2) is 47.8 Å². The van der Waals surface area contributed by atoms with E-state index in [0.29, 0.717) is 11.5 Å². The molecule has 4 heteroatoms. The van der Waals surface area contributed by atoms with Crippen molar-refractivity contribution in [1.29, 1.82) is 0 Å². The quantitative estimate of drug-likeness (QED) is 0.793. The lowest BCUT2D eigenvalue weighted by molar-refractivity contribution is -0.136. The van der Waals surface area contributed by atoms with Crippen LogP contribution in [0, 0.1) is 0 Å². The summed E-state index contributed by atoms with van der Waals surface area (Å²) in [6, 6.07) is 0. The molecule has 1 aliphatic heterocycles. The number of carbonyl (C=O) groups is 1. The number of ether oxygens (including phenoxy) is 2. The van der Waals surface area contributed by atoms with Crippen LogP contribution in [0.3, 0.4) is 0 Å². The highest BCUT2D eigenvalue weighted by Crippen LogP contribution is 2.25. The van der Waals surface area contributed by atoms with Gasteiger partial charge >= 0.3 is 5.97 Å². The lowest BCUT2D eigenvalue weighted by Gasteiger charge is -2.17. The van der Waals surface area contributed by atoms with Gasteiger partial charge in [-0.2, -0.15) is 0 Å². The molecule has 0 aromatic rings. The van der Waals surface area contributed by atoms with Crippen molar-refractivity contribution in [2.45, 2.75) is 19.3 Å². The van der Waals surface area contributed by atoms with Crippen molar-refractivity contribution in [3.63, 3.8) is 0 Å². The second-order valence-corrected chi connectivity index (χ2v) is 3.53. The van der Waals surface area contributed by atoms with Gasteiger partial charge in [-0.3, -0.25) is 4.79 Å². The van der Waals surface area contributed by atoms with Crippen molar-refractivity contribution >= 4 is 5.97 Å². The van der Waals surface area contributed by atoms with E-state index in [1.807, 2.05) is 12.2 Å². The molecule has 0 fully saturated rings. The summed E-state index contributed by atoms with van der Waals surface area (Å²) in [4.78, 5) is 10.4. The third-order valence-corrected chi connectivity index (χ3v) is 2.29. The molecule has 0 bridgehead atoms. The standard InChI is InChI=1S/C12H12O4/c13-12(14)6-10-7-16-11(8-15-10)9-4-2-1-3-5-9/h1-2,4,7-8H,3,5-6H2,(H,13,14). The van der Waals surface area contributed by atoms with E-state index in [1.54, 1.807) is 0 Å². The zero-order chi connectivity index (χ0) is 11.4. The van der Waals surface area contributed by atoms with Crippen LogP contribution in [0.5, 0.6) is 0 Å². The van der Waals surface area contributed by atoms with Gasteiger partial charge in [-0.1, -0.05) is 18.2 Å². The molecule has 4 nitrogen and oxygen atoms in total. The van der Waals surface area contributed by atoms with Gasteiger partial charge in [-0.25, -0.2) is 0 Å². The summed E-state index contributed by atoms with van der Waals surface area (Å²) in [6.07, 6.45) is 10.6. The zero-order valence-electron chi connectivity index (χ0n) is 8.68. The summed E-state index contributed by atoms with van der Waals surface area (Å²) >= 11 is 0. The Balaban J connectivity index is 1.98. The Kier molecular flexibility index (Phi) is 3.10. The number of aliphatic carboxylic acids is 1. The van der Waals surface area contributed by atoms with E-state index in [0.717, 1.165) is 18.4 Å². The second-order valence-electron chi connectivity index (χ2n) is 3.53. The van der Waals surface area contributed by atoms with Crippen molar-refractivity contribution in [2.75, 3.05) is 0 Å². The number of carboxylic acids is 1. The van der Waals surface area contributed by atoms with E-state index in [4.69, 9.17) is 14.6 Å². The van der Waals surface area contributed by atoms with E-state index < -0.39 is 5.97 Å². The summed E-state index contributed by atoms with van der Waals surface area (Å²) in [5, 5.41) is 8.56. The molecule has 0 saturated carbocycles. The Labute approximate surface area is 93.2 Å². The molecule has 84 valence electrons. The first-order chi connectivity index (χ1) is 7.75. The molecule has 0 amide bonds. The molecular formula is C12H12O4. The van der Waals surface area contributed by atoms with Crippen LogP contribution in [0.4, 0.5) is 0 Å². The van der Waals surface area contributed by atoms with Crippen LogP contribution in [0.2, 0.25) is 0 Å². The molecule has 2 aliphatic rings. The fourth-order valence-corrected chi connectivity index (χ4v) is 1.51. The summed E-state index contributed by atoms with van der Waals surface area (Å²) in [7, 11) is 0. The molecule has 1 heterocycles. The first-order valence-corrected chi connectivity index (χ1v) is 5.06. The Morgan fingerprint density at radius 3 is 2.81 bits per heavy atom. The lowest BCUT2D eigenvalue weighted by atomic mass is 10.0. The number of hydrogen-bond acceptors (Lipinski definition) is 3. The minimum absolute atomic E-state index is 0.164. The molecule has 0 atom stereocenters. The van der Waals surface area contributed by atoms with Crippen molar-refractivity contribution in [1.82, 2.24) is 0 Å². The van der Waals surface area contributed by atoms with Crippen LogP contribution in [-0.4, -0.2) is 11.1 Å². The van der Waals surface area contributed by atoms with E-state index in [1.165, 1.54) is 12.5 Å². The summed E-state index contributed by atoms with van der Waals surface area (Å²) < 4.78 is 10.5. The van der Waals surface area contributed by atoms with Crippen LogP contribution in [-0.2, 0) is 14.3 Å². The topological polar surface area (TPSA) is 55.8 Å². The second kappa shape index (κ2) is 4.70. The first-order valence-electron chi connectivity index (χ1n) is 5.06. The Bertz CT molecular complexity index is 413. The predicted molar refractivity (Wildman–Crippen MR) is 57.0 cm³/mol.